The van der Waals surface area contributed by atoms with Gasteiger partial charge in [0.05, 0.1) is 16.4 Å². The molecule has 0 aromatic carbocycles. The van der Waals surface area contributed by atoms with Crippen LogP contribution >= 0.6 is 0 Å². The Hall–Kier alpha value is -1.13. The van der Waals surface area contributed by atoms with Crippen molar-refractivity contribution in [3.05, 3.63) is 4.91 Å². The van der Waals surface area contributed by atoms with E-state index in [4.69, 9.17) is 0 Å². The van der Waals surface area contributed by atoms with E-state index in [0.717, 1.165) is 12.8 Å². The lowest BCUT2D eigenvalue weighted by Crippen LogP contribution is -2.61. The average Bonchev–Trinajstić information content (AvgIpc) is 1.97. The molecule has 1 N–H and O–H groups in total. The molecule has 0 aliphatic carbocycles. The Balaban J connectivity index is 2.88. The van der Waals surface area contributed by atoms with Gasteiger partial charge in [-0.25, -0.2) is 5.01 Å². The Kier molecular flexibility index (Phi) is 3.26. The molecule has 0 bridgehead atoms. The summed E-state index contributed by atoms with van der Waals surface area (Å²) < 4.78 is 0. The third-order valence-electron chi connectivity index (χ3n) is 3.13. The zero-order chi connectivity index (χ0) is 12.6. The van der Waals surface area contributed by atoms with E-state index in [9.17, 15) is 9.70 Å². The summed E-state index contributed by atoms with van der Waals surface area (Å²) in [6.45, 7) is 9.42. The third-order valence-corrected chi connectivity index (χ3v) is 3.13. The molecule has 1 fully saturated rings. The fraction of sp³-hybridized carbons (Fsp3) is 0.909. The first-order chi connectivity index (χ1) is 7.19. The highest BCUT2D eigenvalue weighted by Crippen LogP contribution is 2.38. The zero-order valence-electron chi connectivity index (χ0n) is 10.7. The van der Waals surface area contributed by atoms with Crippen molar-refractivity contribution in [2.24, 2.45) is 5.29 Å². The number of piperidine rings is 1. The molecule has 1 heterocycles. The van der Waals surface area contributed by atoms with Crippen molar-refractivity contribution in [3.63, 3.8) is 0 Å². The molecule has 92 valence electrons. The molecule has 5 nitrogen and oxygen atoms in total. The Labute approximate surface area is 96.5 Å². The van der Waals surface area contributed by atoms with E-state index in [2.05, 4.69) is 10.6 Å². The molecule has 0 radical (unpaired) electrons. The Morgan fingerprint density at radius 1 is 1.25 bits per heavy atom. The van der Waals surface area contributed by atoms with Crippen LogP contribution in [0.3, 0.4) is 0 Å². The second-order valence-corrected chi connectivity index (χ2v) is 5.82. The van der Waals surface area contributed by atoms with Crippen LogP contribution in [0.15, 0.2) is 5.29 Å². The molecule has 0 aromatic rings. The molecule has 5 heteroatoms. The van der Waals surface area contributed by atoms with Gasteiger partial charge in [0.1, 0.15) is 0 Å². The second kappa shape index (κ2) is 4.03. The van der Waals surface area contributed by atoms with Gasteiger partial charge in [0.2, 0.25) is 5.91 Å². The summed E-state index contributed by atoms with van der Waals surface area (Å²) in [6, 6.07) is 0.112. The molecule has 1 rings (SSSR count). The first-order valence-corrected chi connectivity index (χ1v) is 5.60. The van der Waals surface area contributed by atoms with Crippen molar-refractivity contribution >= 4 is 5.91 Å². The summed E-state index contributed by atoms with van der Waals surface area (Å²) in [5, 5.41) is 7.68. The van der Waals surface area contributed by atoms with Crippen LogP contribution in [0.4, 0.5) is 0 Å². The summed E-state index contributed by atoms with van der Waals surface area (Å²) in [4.78, 5) is 22.0. The van der Waals surface area contributed by atoms with Crippen LogP contribution in [0.1, 0.15) is 47.5 Å². The summed E-state index contributed by atoms with van der Waals surface area (Å²) in [7, 11) is 0. The predicted molar refractivity (Wildman–Crippen MR) is 62.6 cm³/mol. The normalized spacial score (nSPS) is 23.9. The summed E-state index contributed by atoms with van der Waals surface area (Å²) in [5.74, 6) is -0.0240. The average molecular weight is 227 g/mol. The van der Waals surface area contributed by atoms with Crippen molar-refractivity contribution in [1.29, 1.82) is 0 Å². The predicted octanol–water partition coefficient (Wildman–Crippen LogP) is 1.83. The van der Waals surface area contributed by atoms with E-state index in [0.29, 0.717) is 0 Å². The molecule has 1 saturated heterocycles. The molecule has 0 spiro atoms. The third kappa shape index (κ3) is 2.51. The molecule has 16 heavy (non-hydrogen) atoms. The minimum Gasteiger partial charge on any atom is -0.353 e. The molecule has 0 saturated carbocycles. The van der Waals surface area contributed by atoms with Gasteiger partial charge in [0.15, 0.2) is 0 Å². The number of carbonyl (C=O) groups is 1. The topological polar surface area (TPSA) is 61.8 Å². The summed E-state index contributed by atoms with van der Waals surface area (Å²) in [5.41, 5.74) is -0.646. The van der Waals surface area contributed by atoms with Gasteiger partial charge in [-0.15, -0.1) is 4.91 Å². The van der Waals surface area contributed by atoms with Gasteiger partial charge in [-0.05, 0) is 40.5 Å². The van der Waals surface area contributed by atoms with Crippen molar-refractivity contribution in [2.45, 2.75) is 64.6 Å². The van der Waals surface area contributed by atoms with Crippen LogP contribution in [0.25, 0.3) is 0 Å². The molecule has 1 aliphatic heterocycles. The van der Waals surface area contributed by atoms with Gasteiger partial charge < -0.3 is 5.32 Å². The van der Waals surface area contributed by atoms with Gasteiger partial charge >= 0.3 is 0 Å². The number of hydrogen-bond acceptors (Lipinski definition) is 3. The van der Waals surface area contributed by atoms with Crippen LogP contribution in [-0.2, 0) is 4.79 Å². The highest BCUT2D eigenvalue weighted by molar-refractivity contribution is 5.73. The number of carbonyl (C=O) groups excluding carboxylic acids is 1. The first kappa shape index (κ1) is 12.9. The number of hydrogen-bond donors (Lipinski definition) is 1. The fourth-order valence-electron chi connectivity index (χ4n) is 2.88. The Bertz CT molecular complexity index is 282. The minimum atomic E-state index is -0.323. The Morgan fingerprint density at radius 3 is 2.00 bits per heavy atom. The lowest BCUT2D eigenvalue weighted by Gasteiger charge is -2.51. The molecular weight excluding hydrogens is 206 g/mol. The fourth-order valence-corrected chi connectivity index (χ4v) is 2.88. The van der Waals surface area contributed by atoms with E-state index in [1.165, 1.54) is 6.92 Å². The van der Waals surface area contributed by atoms with E-state index in [-0.39, 0.29) is 23.0 Å². The zero-order valence-corrected chi connectivity index (χ0v) is 10.7. The van der Waals surface area contributed by atoms with Gasteiger partial charge in [-0.2, -0.15) is 0 Å². The second-order valence-electron chi connectivity index (χ2n) is 5.82. The highest BCUT2D eigenvalue weighted by Gasteiger charge is 2.46. The van der Waals surface area contributed by atoms with Crippen molar-refractivity contribution in [2.75, 3.05) is 0 Å². The number of nitrogens with one attached hydrogen (secondary N) is 1. The summed E-state index contributed by atoms with van der Waals surface area (Å²) in [6.07, 6.45) is 1.48. The molecule has 0 unspecified atom stereocenters. The van der Waals surface area contributed by atoms with Crippen LogP contribution in [0, 0.1) is 4.91 Å². The number of rotatable bonds is 2. The highest BCUT2D eigenvalue weighted by atomic mass is 16.3. The lowest BCUT2D eigenvalue weighted by atomic mass is 9.78. The van der Waals surface area contributed by atoms with Crippen LogP contribution < -0.4 is 5.32 Å². The quantitative estimate of drug-likeness (QED) is 0.732. The van der Waals surface area contributed by atoms with Crippen LogP contribution in [-0.4, -0.2) is 28.0 Å². The lowest BCUT2D eigenvalue weighted by molar-refractivity contribution is -0.121. The van der Waals surface area contributed by atoms with Gasteiger partial charge in [-0.1, -0.05) is 0 Å². The summed E-state index contributed by atoms with van der Waals surface area (Å²) >= 11 is 0. The SMILES string of the molecule is CC(=O)NC1CC(C)(C)N(N=O)C(C)(C)C1. The van der Waals surface area contributed by atoms with Crippen molar-refractivity contribution in [1.82, 2.24) is 10.3 Å². The molecule has 0 atom stereocenters. The van der Waals surface area contributed by atoms with E-state index in [1.54, 1.807) is 5.01 Å². The van der Waals surface area contributed by atoms with Crippen molar-refractivity contribution < 1.29 is 4.79 Å². The standard InChI is InChI=1S/C11H21N3O2/c1-8(15)12-9-6-10(2,3)14(13-16)11(4,5)7-9/h9H,6-7H2,1-5H3,(H,12,15). The first-order valence-electron chi connectivity index (χ1n) is 5.60. The smallest absolute Gasteiger partial charge is 0.217 e. The van der Waals surface area contributed by atoms with Crippen LogP contribution in [0.5, 0.6) is 0 Å². The Morgan fingerprint density at radius 2 is 1.69 bits per heavy atom. The molecular formula is C11H21N3O2. The minimum absolute atomic E-state index is 0.0240. The maximum absolute atomic E-state index is 11.1. The van der Waals surface area contributed by atoms with Gasteiger partial charge in [0.25, 0.3) is 0 Å². The van der Waals surface area contributed by atoms with Gasteiger partial charge in [-0.3, -0.25) is 4.79 Å². The van der Waals surface area contributed by atoms with E-state index < -0.39 is 0 Å². The largest absolute Gasteiger partial charge is 0.353 e. The van der Waals surface area contributed by atoms with E-state index >= 15 is 0 Å². The molecule has 0 aromatic heterocycles. The number of nitrogens with zero attached hydrogens (tertiary/aromatic N) is 2. The molecule has 1 aliphatic rings. The maximum Gasteiger partial charge on any atom is 0.217 e. The number of nitroso groups, excluding NO2 is 1. The maximum atomic E-state index is 11.1. The van der Waals surface area contributed by atoms with Crippen LogP contribution in [0.2, 0.25) is 0 Å². The number of amides is 1. The van der Waals surface area contributed by atoms with E-state index in [1.807, 2.05) is 27.7 Å². The van der Waals surface area contributed by atoms with Crippen molar-refractivity contribution in [3.8, 4) is 0 Å². The van der Waals surface area contributed by atoms with Gasteiger partial charge in [0, 0.05) is 13.0 Å². The monoisotopic (exact) mass is 227 g/mol. The molecule has 1 amide bonds.